The van der Waals surface area contributed by atoms with Gasteiger partial charge in [-0.1, -0.05) is 0 Å². The van der Waals surface area contributed by atoms with Crippen LogP contribution in [-0.4, -0.2) is 59.8 Å². The zero-order valence-electron chi connectivity index (χ0n) is 16.1. The van der Waals surface area contributed by atoms with Crippen molar-refractivity contribution in [3.63, 3.8) is 0 Å². The monoisotopic (exact) mass is 412 g/mol. The van der Waals surface area contributed by atoms with Crippen molar-refractivity contribution >= 4 is 21.7 Å². The van der Waals surface area contributed by atoms with Gasteiger partial charge in [0.2, 0.25) is 11.9 Å². The number of sulfone groups is 1. The summed E-state index contributed by atoms with van der Waals surface area (Å²) in [6, 6.07) is 7.15. The first kappa shape index (κ1) is 20.3. The van der Waals surface area contributed by atoms with Gasteiger partial charge in [-0.05, 0) is 51.0 Å². The van der Waals surface area contributed by atoms with Gasteiger partial charge in [0.15, 0.2) is 15.7 Å². The van der Waals surface area contributed by atoms with Crippen LogP contribution in [0.15, 0.2) is 24.3 Å². The Kier molecular flexibility index (Phi) is 5.71. The maximum atomic E-state index is 12.9. The Labute approximate surface area is 166 Å². The zero-order valence-corrected chi connectivity index (χ0v) is 16.9. The van der Waals surface area contributed by atoms with Crippen molar-refractivity contribution < 1.29 is 25.5 Å². The summed E-state index contributed by atoms with van der Waals surface area (Å²) in [5, 5.41) is 8.62. The number of H-pyrrole nitrogens is 1. The van der Waals surface area contributed by atoms with E-state index >= 15 is 0 Å². The molecule has 1 aliphatic heterocycles. The van der Waals surface area contributed by atoms with Crippen molar-refractivity contribution in [3.8, 4) is 17.1 Å². The molecule has 1 amide bonds. The van der Waals surface area contributed by atoms with Crippen molar-refractivity contribution in [2.24, 2.45) is 0 Å². The Morgan fingerprint density at radius 3 is 2.54 bits per heavy atom. The summed E-state index contributed by atoms with van der Waals surface area (Å²) in [5.41, 5.74) is 0.753. The molecule has 1 aromatic heterocycles. The molecule has 2 aromatic rings. The van der Waals surface area contributed by atoms with Crippen molar-refractivity contribution in [2.75, 3.05) is 25.6 Å². The number of benzene rings is 1. The number of aromatic amines is 1. The third-order valence-electron chi connectivity index (χ3n) is 4.94. The highest BCUT2D eigenvalue weighted by Crippen LogP contribution is 2.28. The van der Waals surface area contributed by atoms with E-state index in [9.17, 15) is 13.2 Å². The summed E-state index contributed by atoms with van der Waals surface area (Å²) < 4.78 is 34.6. The molecule has 28 heavy (non-hydrogen) atoms. The first-order valence-electron chi connectivity index (χ1n) is 8.95. The van der Waals surface area contributed by atoms with E-state index in [0.717, 1.165) is 5.56 Å². The number of nitrogens with one attached hydrogen (secondary N) is 2. The van der Waals surface area contributed by atoms with Gasteiger partial charge in [0.1, 0.15) is 10.5 Å². The number of hydrogen-bond acceptors (Lipinski definition) is 7. The molecule has 0 saturated carbocycles. The molecule has 0 unspecified atom stereocenters. The van der Waals surface area contributed by atoms with E-state index in [4.69, 9.17) is 9.47 Å². The van der Waals surface area contributed by atoms with Crippen LogP contribution in [0.25, 0.3) is 11.4 Å². The number of rotatable bonds is 6. The quantitative estimate of drug-likeness (QED) is 0.746. The van der Waals surface area contributed by atoms with Crippen molar-refractivity contribution in [1.29, 1.82) is 0 Å². The molecule has 0 spiro atoms. The second-order valence-electron chi connectivity index (χ2n) is 7.06. The Morgan fingerprint density at radius 1 is 1.29 bits per heavy atom. The Balaban J connectivity index is 0.00000225. The topological polar surface area (TPSA) is 123 Å². The fraction of sp³-hybridized carbons (Fsp3) is 0.500. The van der Waals surface area contributed by atoms with E-state index in [1.165, 1.54) is 13.8 Å². The molecule has 1 saturated heterocycles. The summed E-state index contributed by atoms with van der Waals surface area (Å²) in [5.74, 6) is 0.505. The molecule has 9 nitrogen and oxygen atoms in total. The molecule has 0 bridgehead atoms. The molecule has 2 N–H and O–H groups in total. The van der Waals surface area contributed by atoms with Crippen LogP contribution in [0.2, 0.25) is 0 Å². The largest absolute Gasteiger partial charge is 0.497 e. The van der Waals surface area contributed by atoms with Crippen LogP contribution in [0.1, 0.15) is 29.5 Å². The van der Waals surface area contributed by atoms with E-state index in [0.29, 0.717) is 37.6 Å². The third kappa shape index (κ3) is 3.88. The third-order valence-corrected chi connectivity index (χ3v) is 7.90. The molecule has 156 valence electrons. The van der Waals surface area contributed by atoms with Crippen LogP contribution >= 0.6 is 0 Å². The van der Waals surface area contributed by atoms with E-state index in [-0.39, 0.29) is 8.80 Å². The average molecular weight is 413 g/mol. The van der Waals surface area contributed by atoms with Crippen LogP contribution in [-0.2, 0) is 19.4 Å². The Hall–Kier alpha value is -2.46. The van der Waals surface area contributed by atoms with Gasteiger partial charge in [0.05, 0.1) is 12.4 Å². The summed E-state index contributed by atoms with van der Waals surface area (Å²) in [6.45, 7) is 3.58. The minimum atomic E-state index is -3.71. The van der Waals surface area contributed by atoms with Crippen LogP contribution in [0.3, 0.4) is 0 Å². The molecule has 0 aliphatic carbocycles. The maximum absolute atomic E-state index is 12.9. The molecule has 1 aliphatic rings. The molecule has 10 heteroatoms. The number of methoxy groups -OCH3 is 1. The average Bonchev–Trinajstić information content (AvgIpc) is 3.17. The highest BCUT2D eigenvalue weighted by atomic mass is 32.2. The number of aromatic nitrogens is 3. The minimum Gasteiger partial charge on any atom is -0.497 e. The fourth-order valence-electron chi connectivity index (χ4n) is 2.98. The first-order chi connectivity index (χ1) is 13.3. The zero-order chi connectivity index (χ0) is 20.4. The molecule has 1 fully saturated rings. The summed E-state index contributed by atoms with van der Waals surface area (Å²) in [4.78, 5) is 17.0. The Morgan fingerprint density at radius 2 is 1.93 bits per heavy atom. The van der Waals surface area contributed by atoms with E-state index in [1.807, 2.05) is 0 Å². The number of carbonyl (C=O) groups is 1. The lowest BCUT2D eigenvalue weighted by Crippen LogP contribution is -2.50. The number of nitrogens with zero attached hydrogens (tertiary/aromatic N) is 2. The summed E-state index contributed by atoms with van der Waals surface area (Å²) in [6.07, 6.45) is 0.780. The minimum absolute atomic E-state index is 0. The Bertz CT molecular complexity index is 942. The number of ether oxygens (including phenoxy) is 2. The maximum Gasteiger partial charge on any atom is 0.249 e. The van der Waals surface area contributed by atoms with Crippen molar-refractivity contribution in [3.05, 3.63) is 24.3 Å². The van der Waals surface area contributed by atoms with Crippen LogP contribution in [0.5, 0.6) is 5.75 Å². The lowest BCUT2D eigenvalue weighted by Gasteiger charge is -2.30. The second-order valence-corrected chi connectivity index (χ2v) is 9.83. The molecule has 1 aromatic carbocycles. The molecular formula is C18H28N4O5S. The van der Waals surface area contributed by atoms with Gasteiger partial charge in [-0.3, -0.25) is 15.2 Å². The van der Waals surface area contributed by atoms with E-state index in [1.54, 1.807) is 31.4 Å². The molecule has 2 heterocycles. The number of hydrogen-bond donors (Lipinski definition) is 2. The smallest absolute Gasteiger partial charge is 0.249 e. The molecule has 0 atom stereocenters. The number of carbonyl (C=O) groups excluding carboxylic acids is 1. The lowest BCUT2D eigenvalue weighted by molar-refractivity contribution is -0.117. The second kappa shape index (κ2) is 7.88. The van der Waals surface area contributed by atoms with Crippen LogP contribution in [0.4, 0.5) is 5.95 Å². The summed E-state index contributed by atoms with van der Waals surface area (Å²) in [7, 11) is -2.13. The van der Waals surface area contributed by atoms with Gasteiger partial charge in [0, 0.05) is 21.6 Å². The molecule has 0 radical (unpaired) electrons. The predicted octanol–water partition coefficient (Wildman–Crippen LogP) is 2.28. The molecular weight excluding hydrogens is 384 g/mol. The lowest BCUT2D eigenvalue weighted by atomic mass is 10.2. The van der Waals surface area contributed by atoms with Gasteiger partial charge in [0.25, 0.3) is 0 Å². The normalized spacial score (nSPS) is 16.0. The van der Waals surface area contributed by atoms with Gasteiger partial charge in [-0.2, -0.15) is 4.98 Å². The van der Waals surface area contributed by atoms with Gasteiger partial charge < -0.3 is 9.47 Å². The van der Waals surface area contributed by atoms with Gasteiger partial charge >= 0.3 is 0 Å². The number of anilines is 1. The van der Waals surface area contributed by atoms with Crippen LogP contribution < -0.4 is 10.1 Å². The highest BCUT2D eigenvalue weighted by Gasteiger charge is 2.46. The van der Waals surface area contributed by atoms with Crippen LogP contribution in [0, 0.1) is 0 Å². The van der Waals surface area contributed by atoms with Gasteiger partial charge in [-0.15, -0.1) is 5.10 Å². The SMILES string of the molecule is COc1ccc(-c2nc(NC(=O)C(C)(C)S(=O)(=O)C3CCOCC3)n[nH]2)cc1.[HH].[HH]. The van der Waals surface area contributed by atoms with E-state index < -0.39 is 25.7 Å². The predicted molar refractivity (Wildman–Crippen MR) is 108 cm³/mol. The molecule has 3 rings (SSSR count). The van der Waals surface area contributed by atoms with Crippen molar-refractivity contribution in [1.82, 2.24) is 15.2 Å². The fourth-order valence-corrected chi connectivity index (χ4v) is 4.94. The standard InChI is InChI=1S/C18H24N4O5S.2H2/c1-18(2,28(24,25)14-8-10-27-11-9-14)16(23)20-17-19-15(21-22-17)12-4-6-13(26-3)7-5-12;;/h4-7,14H,8-11H2,1-3H3,(H2,19,20,21,22,23);2*1H. The van der Waals surface area contributed by atoms with E-state index in [2.05, 4.69) is 20.5 Å². The van der Waals surface area contributed by atoms with Gasteiger partial charge in [-0.25, -0.2) is 8.42 Å². The summed E-state index contributed by atoms with van der Waals surface area (Å²) >= 11 is 0. The first-order valence-corrected chi connectivity index (χ1v) is 10.5. The van der Waals surface area contributed by atoms with Crippen molar-refractivity contribution in [2.45, 2.75) is 36.7 Å². The number of amides is 1. The highest BCUT2D eigenvalue weighted by molar-refractivity contribution is 7.94.